The summed E-state index contributed by atoms with van der Waals surface area (Å²) in [5.74, 6) is -0.668. The molecule has 1 amide bonds. The van der Waals surface area contributed by atoms with Crippen LogP contribution in [-0.4, -0.2) is 27.4 Å². The Morgan fingerprint density at radius 2 is 2.04 bits per heavy atom. The van der Waals surface area contributed by atoms with E-state index in [4.69, 9.17) is 0 Å². The molecule has 128 valence electrons. The monoisotopic (exact) mass is 403 g/mol. The van der Waals surface area contributed by atoms with Gasteiger partial charge >= 0.3 is 0 Å². The predicted octanol–water partition coefficient (Wildman–Crippen LogP) is 2.96. The molecule has 3 aromatic rings. The summed E-state index contributed by atoms with van der Waals surface area (Å²) in [6.07, 6.45) is 1.35. The van der Waals surface area contributed by atoms with Crippen molar-refractivity contribution in [3.05, 3.63) is 75.0 Å². The topological polar surface area (TPSA) is 55.2 Å². The summed E-state index contributed by atoms with van der Waals surface area (Å²) in [6.45, 7) is -0.0218. The number of rotatable bonds is 4. The maximum absolute atomic E-state index is 13.7. The first-order valence-electron chi connectivity index (χ1n) is 7.58. The molecule has 0 spiro atoms. The Morgan fingerprint density at radius 1 is 1.28 bits per heavy atom. The quantitative estimate of drug-likeness (QED) is 0.672. The van der Waals surface area contributed by atoms with Crippen LogP contribution < -0.4 is 5.56 Å². The molecule has 0 fully saturated rings. The van der Waals surface area contributed by atoms with E-state index in [0.717, 1.165) is 4.47 Å². The van der Waals surface area contributed by atoms with Crippen molar-refractivity contribution in [1.82, 2.24) is 14.5 Å². The molecule has 1 heterocycles. The van der Waals surface area contributed by atoms with Crippen molar-refractivity contribution in [3.8, 4) is 0 Å². The van der Waals surface area contributed by atoms with E-state index in [1.807, 2.05) is 0 Å². The molecule has 0 aliphatic rings. The lowest BCUT2D eigenvalue weighted by atomic mass is 10.2. The molecule has 25 heavy (non-hydrogen) atoms. The van der Waals surface area contributed by atoms with Crippen molar-refractivity contribution < 1.29 is 9.18 Å². The molecule has 2 aromatic carbocycles. The zero-order valence-corrected chi connectivity index (χ0v) is 15.0. The van der Waals surface area contributed by atoms with Gasteiger partial charge in [0, 0.05) is 23.6 Å². The Morgan fingerprint density at radius 3 is 2.80 bits per heavy atom. The van der Waals surface area contributed by atoms with E-state index in [1.54, 1.807) is 43.4 Å². The van der Waals surface area contributed by atoms with Crippen LogP contribution in [0.2, 0.25) is 0 Å². The number of hydrogen-bond acceptors (Lipinski definition) is 3. The first-order chi connectivity index (χ1) is 12.0. The van der Waals surface area contributed by atoms with Crippen LogP contribution in [0.15, 0.2) is 58.1 Å². The zero-order valence-electron chi connectivity index (χ0n) is 13.4. The Bertz CT molecular complexity index is 1000. The van der Waals surface area contributed by atoms with E-state index in [-0.39, 0.29) is 30.4 Å². The Kier molecular flexibility index (Phi) is 4.94. The van der Waals surface area contributed by atoms with E-state index in [1.165, 1.54) is 21.9 Å². The Balaban J connectivity index is 1.81. The van der Waals surface area contributed by atoms with Crippen LogP contribution in [0.3, 0.4) is 0 Å². The zero-order chi connectivity index (χ0) is 18.0. The lowest BCUT2D eigenvalue weighted by Gasteiger charge is -2.18. The van der Waals surface area contributed by atoms with Crippen LogP contribution in [0, 0.1) is 5.82 Å². The van der Waals surface area contributed by atoms with Crippen molar-refractivity contribution in [2.75, 3.05) is 7.05 Å². The number of amides is 1. The minimum atomic E-state index is -0.364. The number of carbonyl (C=O) groups is 1. The fourth-order valence-corrected chi connectivity index (χ4v) is 2.84. The van der Waals surface area contributed by atoms with Gasteiger partial charge in [-0.25, -0.2) is 9.37 Å². The van der Waals surface area contributed by atoms with Crippen molar-refractivity contribution in [3.63, 3.8) is 0 Å². The Hall–Kier alpha value is -2.54. The summed E-state index contributed by atoms with van der Waals surface area (Å²) >= 11 is 3.32. The lowest BCUT2D eigenvalue weighted by Crippen LogP contribution is -2.34. The number of nitrogens with zero attached hydrogens (tertiary/aromatic N) is 3. The standard InChI is InChI=1S/C18H15BrFN3O2/c1-22(9-12-4-2-3-5-15(12)20)17(24)10-23-11-21-16-7-6-13(19)8-14(16)18(23)25/h2-8,11H,9-10H2,1H3. The summed E-state index contributed by atoms with van der Waals surface area (Å²) in [5, 5.41) is 0.432. The first kappa shape index (κ1) is 17.3. The van der Waals surface area contributed by atoms with Crippen molar-refractivity contribution >= 4 is 32.7 Å². The molecule has 0 N–H and O–H groups in total. The third-order valence-electron chi connectivity index (χ3n) is 3.88. The van der Waals surface area contributed by atoms with Crippen LogP contribution in [0.1, 0.15) is 5.56 Å². The van der Waals surface area contributed by atoms with Crippen LogP contribution in [0.5, 0.6) is 0 Å². The van der Waals surface area contributed by atoms with E-state index in [9.17, 15) is 14.0 Å². The molecular formula is C18H15BrFN3O2. The van der Waals surface area contributed by atoms with E-state index in [2.05, 4.69) is 20.9 Å². The van der Waals surface area contributed by atoms with Crippen LogP contribution in [0.25, 0.3) is 10.9 Å². The molecule has 1 aromatic heterocycles. The van der Waals surface area contributed by atoms with E-state index < -0.39 is 0 Å². The van der Waals surface area contributed by atoms with Gasteiger partial charge in [0.05, 0.1) is 17.2 Å². The van der Waals surface area contributed by atoms with Gasteiger partial charge in [-0.2, -0.15) is 0 Å². The Labute approximate surface area is 151 Å². The van der Waals surface area contributed by atoms with Crippen LogP contribution in [-0.2, 0) is 17.9 Å². The van der Waals surface area contributed by atoms with Crippen molar-refractivity contribution in [1.29, 1.82) is 0 Å². The highest BCUT2D eigenvalue weighted by atomic mass is 79.9. The van der Waals surface area contributed by atoms with Gasteiger partial charge < -0.3 is 4.90 Å². The van der Waals surface area contributed by atoms with E-state index in [0.29, 0.717) is 16.5 Å². The number of carbonyl (C=O) groups excluding carboxylic acids is 1. The summed E-state index contributed by atoms with van der Waals surface area (Å²) in [4.78, 5) is 30.5. The second-order valence-electron chi connectivity index (χ2n) is 5.68. The second kappa shape index (κ2) is 7.14. The van der Waals surface area contributed by atoms with Crippen molar-refractivity contribution in [2.24, 2.45) is 0 Å². The molecule has 0 radical (unpaired) electrons. The van der Waals surface area contributed by atoms with E-state index >= 15 is 0 Å². The van der Waals surface area contributed by atoms with Gasteiger partial charge in [-0.1, -0.05) is 34.1 Å². The fraction of sp³-hybridized carbons (Fsp3) is 0.167. The number of likely N-dealkylation sites (N-methyl/N-ethyl adjacent to an activating group) is 1. The summed E-state index contributed by atoms with van der Waals surface area (Å²) in [7, 11) is 1.57. The van der Waals surface area contributed by atoms with Crippen molar-refractivity contribution in [2.45, 2.75) is 13.1 Å². The molecule has 0 atom stereocenters. The van der Waals surface area contributed by atoms with Gasteiger partial charge in [0.25, 0.3) is 5.56 Å². The average molecular weight is 404 g/mol. The minimum absolute atomic E-state index is 0.132. The highest BCUT2D eigenvalue weighted by molar-refractivity contribution is 9.10. The van der Waals surface area contributed by atoms with Gasteiger partial charge in [-0.15, -0.1) is 0 Å². The van der Waals surface area contributed by atoms with Crippen LogP contribution in [0.4, 0.5) is 4.39 Å². The average Bonchev–Trinajstić information content (AvgIpc) is 2.59. The first-order valence-corrected chi connectivity index (χ1v) is 8.37. The molecule has 0 saturated heterocycles. The molecule has 0 aliphatic carbocycles. The highest BCUT2D eigenvalue weighted by Crippen LogP contribution is 2.15. The third kappa shape index (κ3) is 3.76. The summed E-state index contributed by atoms with van der Waals surface area (Å²) < 4.78 is 15.7. The number of hydrogen-bond donors (Lipinski definition) is 0. The SMILES string of the molecule is CN(Cc1ccccc1F)C(=O)Cn1cnc2ccc(Br)cc2c1=O. The summed E-state index contributed by atoms with van der Waals surface area (Å²) in [6, 6.07) is 11.5. The maximum atomic E-state index is 13.7. The smallest absolute Gasteiger partial charge is 0.261 e. The molecule has 0 bridgehead atoms. The number of aromatic nitrogens is 2. The van der Waals surface area contributed by atoms with Gasteiger partial charge in [-0.05, 0) is 24.3 Å². The fourth-order valence-electron chi connectivity index (χ4n) is 2.48. The van der Waals surface area contributed by atoms with Gasteiger partial charge in [0.1, 0.15) is 12.4 Å². The molecule has 0 unspecified atom stereocenters. The molecule has 0 saturated carbocycles. The second-order valence-corrected chi connectivity index (χ2v) is 6.60. The summed E-state index contributed by atoms with van der Waals surface area (Å²) in [5.41, 5.74) is 0.696. The number of benzene rings is 2. The van der Waals surface area contributed by atoms with Gasteiger partial charge in [0.2, 0.25) is 5.91 Å². The predicted molar refractivity (Wildman–Crippen MR) is 96.6 cm³/mol. The molecule has 3 rings (SSSR count). The molecular weight excluding hydrogens is 389 g/mol. The normalized spacial score (nSPS) is 10.8. The largest absolute Gasteiger partial charge is 0.340 e. The number of fused-ring (bicyclic) bond motifs is 1. The van der Waals surface area contributed by atoms with Gasteiger partial charge in [-0.3, -0.25) is 14.2 Å². The highest BCUT2D eigenvalue weighted by Gasteiger charge is 2.14. The lowest BCUT2D eigenvalue weighted by molar-refractivity contribution is -0.131. The molecule has 0 aliphatic heterocycles. The van der Waals surface area contributed by atoms with Crippen LogP contribution >= 0.6 is 15.9 Å². The van der Waals surface area contributed by atoms with Gasteiger partial charge in [0.15, 0.2) is 0 Å². The molecule has 5 nitrogen and oxygen atoms in total. The third-order valence-corrected chi connectivity index (χ3v) is 4.38. The number of halogens is 2. The molecule has 7 heteroatoms. The minimum Gasteiger partial charge on any atom is -0.340 e. The maximum Gasteiger partial charge on any atom is 0.261 e.